The van der Waals surface area contributed by atoms with Crippen LogP contribution in [0.15, 0.2) is 18.2 Å². The van der Waals surface area contributed by atoms with Gasteiger partial charge in [0, 0.05) is 11.0 Å². The lowest BCUT2D eigenvalue weighted by atomic mass is 9.68. The van der Waals surface area contributed by atoms with E-state index < -0.39 is 0 Å². The monoisotopic (exact) mass is 313 g/mol. The second-order valence-electron chi connectivity index (χ2n) is 6.09. The van der Waals surface area contributed by atoms with E-state index in [-0.39, 0.29) is 11.2 Å². The van der Waals surface area contributed by atoms with E-state index in [4.69, 9.17) is 23.2 Å². The number of halogens is 2. The Kier molecular flexibility index (Phi) is 5.11. The van der Waals surface area contributed by atoms with Gasteiger partial charge in [0.05, 0.1) is 10.0 Å². The molecule has 20 heavy (non-hydrogen) atoms. The highest BCUT2D eigenvalue weighted by Gasteiger charge is 2.40. The number of rotatable bonds is 4. The average molecular weight is 314 g/mol. The van der Waals surface area contributed by atoms with Crippen LogP contribution < -0.4 is 5.32 Å². The van der Waals surface area contributed by atoms with Crippen LogP contribution >= 0.6 is 23.2 Å². The third-order valence-corrected chi connectivity index (χ3v) is 4.76. The van der Waals surface area contributed by atoms with Crippen LogP contribution in [0.2, 0.25) is 10.0 Å². The second-order valence-corrected chi connectivity index (χ2v) is 6.90. The van der Waals surface area contributed by atoms with E-state index in [2.05, 4.69) is 19.2 Å². The SMILES string of the molecule is CC(C)CC1(C(=O)c2ccc(Cl)c(Cl)c2)CCNCC1. The minimum absolute atomic E-state index is 0.214. The van der Waals surface area contributed by atoms with Gasteiger partial charge in [0.25, 0.3) is 0 Å². The normalized spacial score (nSPS) is 18.2. The second kappa shape index (κ2) is 6.46. The highest BCUT2D eigenvalue weighted by Crippen LogP contribution is 2.39. The van der Waals surface area contributed by atoms with Crippen LogP contribution in [0.3, 0.4) is 0 Å². The van der Waals surface area contributed by atoms with Gasteiger partial charge in [-0.3, -0.25) is 4.79 Å². The summed E-state index contributed by atoms with van der Waals surface area (Å²) in [5.74, 6) is 0.714. The zero-order valence-electron chi connectivity index (χ0n) is 12.0. The summed E-state index contributed by atoms with van der Waals surface area (Å²) in [6.45, 7) is 6.15. The molecule has 0 radical (unpaired) electrons. The lowest BCUT2D eigenvalue weighted by Crippen LogP contribution is -2.43. The van der Waals surface area contributed by atoms with E-state index in [0.29, 0.717) is 21.5 Å². The molecule has 1 aromatic carbocycles. The van der Waals surface area contributed by atoms with Crippen molar-refractivity contribution in [3.63, 3.8) is 0 Å². The predicted octanol–water partition coefficient (Wildman–Crippen LogP) is 4.59. The molecule has 4 heteroatoms. The summed E-state index contributed by atoms with van der Waals surface area (Å²) in [7, 11) is 0. The van der Waals surface area contributed by atoms with Crippen molar-refractivity contribution in [1.82, 2.24) is 5.32 Å². The van der Waals surface area contributed by atoms with Gasteiger partial charge in [0.1, 0.15) is 0 Å². The first kappa shape index (κ1) is 15.8. The fourth-order valence-corrected chi connectivity index (χ4v) is 3.45. The van der Waals surface area contributed by atoms with Gasteiger partial charge in [-0.15, -0.1) is 0 Å². The van der Waals surface area contributed by atoms with Crippen molar-refractivity contribution in [3.8, 4) is 0 Å². The number of benzene rings is 1. The minimum atomic E-state index is -0.253. The summed E-state index contributed by atoms with van der Waals surface area (Å²) in [6, 6.07) is 5.21. The number of nitrogens with one attached hydrogen (secondary N) is 1. The first-order valence-corrected chi connectivity index (χ1v) is 7.91. The Morgan fingerprint density at radius 1 is 1.25 bits per heavy atom. The molecule has 0 amide bonds. The van der Waals surface area contributed by atoms with Gasteiger partial charge in [-0.05, 0) is 56.5 Å². The molecular weight excluding hydrogens is 293 g/mol. The molecular formula is C16H21Cl2NO. The molecule has 0 aromatic heterocycles. The lowest BCUT2D eigenvalue weighted by molar-refractivity contribution is 0.0674. The number of Topliss-reactive ketones (excluding diaryl/α,β-unsaturated/α-hetero) is 1. The molecule has 1 heterocycles. The maximum Gasteiger partial charge on any atom is 0.169 e. The highest BCUT2D eigenvalue weighted by atomic mass is 35.5. The quantitative estimate of drug-likeness (QED) is 0.823. The van der Waals surface area contributed by atoms with E-state index in [9.17, 15) is 4.79 Å². The molecule has 1 aliphatic rings. The molecule has 2 nitrogen and oxygen atoms in total. The molecule has 1 fully saturated rings. The number of carbonyl (C=O) groups is 1. The Bertz CT molecular complexity index is 493. The fourth-order valence-electron chi connectivity index (χ4n) is 3.15. The van der Waals surface area contributed by atoms with Gasteiger partial charge in [-0.1, -0.05) is 37.0 Å². The van der Waals surface area contributed by atoms with Gasteiger partial charge >= 0.3 is 0 Å². The van der Waals surface area contributed by atoms with Crippen molar-refractivity contribution in [2.75, 3.05) is 13.1 Å². The van der Waals surface area contributed by atoms with Crippen molar-refractivity contribution < 1.29 is 4.79 Å². The van der Waals surface area contributed by atoms with Crippen molar-refractivity contribution >= 4 is 29.0 Å². The molecule has 0 atom stereocenters. The lowest BCUT2D eigenvalue weighted by Gasteiger charge is -2.37. The molecule has 0 spiro atoms. The molecule has 1 N–H and O–H groups in total. The largest absolute Gasteiger partial charge is 0.317 e. The zero-order valence-corrected chi connectivity index (χ0v) is 13.5. The van der Waals surface area contributed by atoms with Crippen molar-refractivity contribution in [2.45, 2.75) is 33.1 Å². The molecule has 0 unspecified atom stereocenters. The number of piperidine rings is 1. The maximum atomic E-state index is 13.0. The smallest absolute Gasteiger partial charge is 0.169 e. The predicted molar refractivity (Wildman–Crippen MR) is 84.8 cm³/mol. The van der Waals surface area contributed by atoms with Gasteiger partial charge in [0.2, 0.25) is 0 Å². The molecule has 1 aromatic rings. The minimum Gasteiger partial charge on any atom is -0.317 e. The van der Waals surface area contributed by atoms with E-state index >= 15 is 0 Å². The zero-order chi connectivity index (χ0) is 14.8. The topological polar surface area (TPSA) is 29.1 Å². The average Bonchev–Trinajstić information content (AvgIpc) is 2.41. The van der Waals surface area contributed by atoms with Crippen LogP contribution in [0.25, 0.3) is 0 Å². The summed E-state index contributed by atoms with van der Waals surface area (Å²) in [4.78, 5) is 13.0. The highest BCUT2D eigenvalue weighted by molar-refractivity contribution is 6.42. The first-order chi connectivity index (χ1) is 9.44. The van der Waals surface area contributed by atoms with Crippen molar-refractivity contribution in [1.29, 1.82) is 0 Å². The molecule has 0 saturated carbocycles. The molecule has 1 aliphatic heterocycles. The van der Waals surface area contributed by atoms with Crippen LogP contribution in [0, 0.1) is 11.3 Å². The Balaban J connectivity index is 2.32. The van der Waals surface area contributed by atoms with Crippen LogP contribution in [0.4, 0.5) is 0 Å². The van der Waals surface area contributed by atoms with Gasteiger partial charge < -0.3 is 5.32 Å². The first-order valence-electron chi connectivity index (χ1n) is 7.15. The van der Waals surface area contributed by atoms with Gasteiger partial charge in [0.15, 0.2) is 5.78 Å². The van der Waals surface area contributed by atoms with E-state index in [1.54, 1.807) is 18.2 Å². The number of hydrogen-bond donors (Lipinski definition) is 1. The number of carbonyl (C=O) groups excluding carboxylic acids is 1. The Labute approximate surface area is 130 Å². The van der Waals surface area contributed by atoms with Crippen molar-refractivity contribution in [3.05, 3.63) is 33.8 Å². The third kappa shape index (κ3) is 3.36. The number of ketones is 1. The summed E-state index contributed by atoms with van der Waals surface area (Å²) >= 11 is 12.0. The number of hydrogen-bond acceptors (Lipinski definition) is 2. The molecule has 0 bridgehead atoms. The molecule has 0 aliphatic carbocycles. The van der Waals surface area contributed by atoms with Gasteiger partial charge in [-0.25, -0.2) is 0 Å². The Hall–Kier alpha value is -0.570. The molecule has 2 rings (SSSR count). The van der Waals surface area contributed by atoms with E-state index in [1.165, 1.54) is 0 Å². The summed E-state index contributed by atoms with van der Waals surface area (Å²) in [5.41, 5.74) is 0.429. The van der Waals surface area contributed by atoms with Crippen LogP contribution in [-0.4, -0.2) is 18.9 Å². The van der Waals surface area contributed by atoms with Crippen LogP contribution in [0.1, 0.15) is 43.5 Å². The van der Waals surface area contributed by atoms with E-state index in [0.717, 1.165) is 32.4 Å². The van der Waals surface area contributed by atoms with E-state index in [1.807, 2.05) is 0 Å². The molecule has 1 saturated heterocycles. The summed E-state index contributed by atoms with van der Waals surface area (Å²) in [5, 5.41) is 4.28. The third-order valence-electron chi connectivity index (χ3n) is 4.02. The standard InChI is InChI=1S/C16H21Cl2NO/c1-11(2)10-16(5-7-19-8-6-16)15(20)12-3-4-13(17)14(18)9-12/h3-4,9,11,19H,5-8,10H2,1-2H3. The Morgan fingerprint density at radius 2 is 1.90 bits per heavy atom. The summed E-state index contributed by atoms with van der Waals surface area (Å²) in [6.07, 6.45) is 2.71. The van der Waals surface area contributed by atoms with Crippen molar-refractivity contribution in [2.24, 2.45) is 11.3 Å². The maximum absolute atomic E-state index is 13.0. The van der Waals surface area contributed by atoms with Gasteiger partial charge in [-0.2, -0.15) is 0 Å². The van der Waals surface area contributed by atoms with Crippen LogP contribution in [0.5, 0.6) is 0 Å². The fraction of sp³-hybridized carbons (Fsp3) is 0.562. The summed E-state index contributed by atoms with van der Waals surface area (Å²) < 4.78 is 0. The molecule has 110 valence electrons. The Morgan fingerprint density at radius 3 is 2.45 bits per heavy atom. The van der Waals surface area contributed by atoms with Crippen LogP contribution in [-0.2, 0) is 0 Å².